The van der Waals surface area contributed by atoms with Crippen molar-refractivity contribution < 1.29 is 49.8 Å². The molecule has 0 amide bonds. The molecule has 10 nitrogen and oxygen atoms in total. The molecule has 0 saturated carbocycles. The molecule has 0 aliphatic heterocycles. The molecular formula is C22H14O10. The van der Waals surface area contributed by atoms with Crippen LogP contribution in [0.25, 0.3) is 0 Å². The average Bonchev–Trinajstić information content (AvgIpc) is 2.71. The van der Waals surface area contributed by atoms with Crippen LogP contribution in [0, 0.1) is 0 Å². The number of carbonyl (C=O) groups is 4. The third-order valence-corrected chi connectivity index (χ3v) is 4.56. The summed E-state index contributed by atoms with van der Waals surface area (Å²) in [6.45, 7) is 0. The van der Waals surface area contributed by atoms with E-state index in [0.717, 1.165) is 36.4 Å². The molecule has 0 heterocycles. The minimum atomic E-state index is -1.66. The molecule has 0 aliphatic rings. The summed E-state index contributed by atoms with van der Waals surface area (Å²) >= 11 is 0. The molecule has 3 aromatic carbocycles. The maximum atomic E-state index is 12.9. The Kier molecular flexibility index (Phi) is 5.53. The molecule has 0 radical (unpaired) electrons. The molecule has 6 N–H and O–H groups in total. The van der Waals surface area contributed by atoms with Gasteiger partial charge >= 0.3 is 11.9 Å². The van der Waals surface area contributed by atoms with Crippen molar-refractivity contribution in [3.05, 3.63) is 81.9 Å². The lowest BCUT2D eigenvalue weighted by Crippen LogP contribution is -2.17. The van der Waals surface area contributed by atoms with E-state index >= 15 is 0 Å². The van der Waals surface area contributed by atoms with Gasteiger partial charge in [-0.2, -0.15) is 0 Å². The Bertz CT molecular complexity index is 1210. The van der Waals surface area contributed by atoms with Crippen LogP contribution in [-0.4, -0.2) is 54.1 Å². The first-order valence-corrected chi connectivity index (χ1v) is 8.79. The fourth-order valence-electron chi connectivity index (χ4n) is 3.04. The number of phenolic OH excluding ortho intramolecular Hbond substituents is 4. The van der Waals surface area contributed by atoms with Crippen molar-refractivity contribution in [2.45, 2.75) is 0 Å². The number of hydrogen-bond donors (Lipinski definition) is 6. The molecule has 0 fully saturated rings. The van der Waals surface area contributed by atoms with Gasteiger partial charge in [0.1, 0.15) is 23.0 Å². The second kappa shape index (κ2) is 8.11. The summed E-state index contributed by atoms with van der Waals surface area (Å²) in [7, 11) is 0. The van der Waals surface area contributed by atoms with Crippen molar-refractivity contribution >= 4 is 23.5 Å². The maximum absolute atomic E-state index is 12.9. The van der Waals surface area contributed by atoms with E-state index in [1.807, 2.05) is 0 Å². The van der Waals surface area contributed by atoms with Gasteiger partial charge in [-0.1, -0.05) is 0 Å². The number of carboxylic acid groups (broad SMARTS) is 2. The minimum Gasteiger partial charge on any atom is -0.508 e. The minimum absolute atomic E-state index is 0.363. The Labute approximate surface area is 178 Å². The Balaban J connectivity index is 2.25. The van der Waals surface area contributed by atoms with E-state index in [1.54, 1.807) is 0 Å². The van der Waals surface area contributed by atoms with E-state index in [4.69, 9.17) is 0 Å². The molecule has 3 rings (SSSR count). The molecule has 0 atom stereocenters. The number of benzene rings is 3. The normalized spacial score (nSPS) is 10.5. The van der Waals surface area contributed by atoms with E-state index in [1.165, 1.54) is 0 Å². The van der Waals surface area contributed by atoms with Crippen LogP contribution in [-0.2, 0) is 0 Å². The summed E-state index contributed by atoms with van der Waals surface area (Å²) in [4.78, 5) is 49.4. The van der Waals surface area contributed by atoms with Crippen molar-refractivity contribution in [3.8, 4) is 23.0 Å². The Morgan fingerprint density at radius 2 is 0.812 bits per heavy atom. The summed E-state index contributed by atoms with van der Waals surface area (Å²) in [5, 5.41) is 57.8. The number of hydrogen-bond acceptors (Lipinski definition) is 8. The van der Waals surface area contributed by atoms with Crippen LogP contribution in [0.3, 0.4) is 0 Å². The van der Waals surface area contributed by atoms with Crippen molar-refractivity contribution in [3.63, 3.8) is 0 Å². The van der Waals surface area contributed by atoms with E-state index in [9.17, 15) is 49.8 Å². The Morgan fingerprint density at radius 1 is 0.469 bits per heavy atom. The van der Waals surface area contributed by atoms with E-state index in [0.29, 0.717) is 12.1 Å². The fourth-order valence-corrected chi connectivity index (χ4v) is 3.04. The molecule has 0 unspecified atom stereocenters. The largest absolute Gasteiger partial charge is 0.508 e. The third-order valence-electron chi connectivity index (χ3n) is 4.56. The van der Waals surface area contributed by atoms with Crippen molar-refractivity contribution in [1.29, 1.82) is 0 Å². The van der Waals surface area contributed by atoms with Gasteiger partial charge in [0.2, 0.25) is 0 Å². The summed E-state index contributed by atoms with van der Waals surface area (Å²) in [6, 6.07) is 7.23. The average molecular weight is 438 g/mol. The third kappa shape index (κ3) is 3.92. The molecule has 0 bridgehead atoms. The number of carboxylic acids is 2. The van der Waals surface area contributed by atoms with Gasteiger partial charge in [-0.25, -0.2) is 9.59 Å². The number of phenols is 4. The van der Waals surface area contributed by atoms with Crippen molar-refractivity contribution in [2.75, 3.05) is 0 Å². The zero-order valence-electron chi connectivity index (χ0n) is 15.9. The number of aromatic hydroxyl groups is 4. The highest BCUT2D eigenvalue weighted by molar-refractivity contribution is 6.20. The molecule has 0 aromatic heterocycles. The van der Waals surface area contributed by atoms with Gasteiger partial charge in [-0.15, -0.1) is 0 Å². The molecule has 0 saturated heterocycles. The Morgan fingerprint density at radius 3 is 1.09 bits per heavy atom. The van der Waals surface area contributed by atoms with Crippen LogP contribution >= 0.6 is 0 Å². The molecular weight excluding hydrogens is 424 g/mol. The van der Waals surface area contributed by atoms with Gasteiger partial charge < -0.3 is 30.6 Å². The second-order valence-corrected chi connectivity index (χ2v) is 6.61. The lowest BCUT2D eigenvalue weighted by molar-refractivity contribution is 0.0677. The molecule has 0 spiro atoms. The molecule has 10 heteroatoms. The number of rotatable bonds is 6. The van der Waals surface area contributed by atoms with Crippen molar-refractivity contribution in [2.24, 2.45) is 0 Å². The first-order valence-electron chi connectivity index (χ1n) is 8.79. The van der Waals surface area contributed by atoms with Crippen LogP contribution in [0.1, 0.15) is 52.6 Å². The highest BCUT2D eigenvalue weighted by Crippen LogP contribution is 2.30. The lowest BCUT2D eigenvalue weighted by atomic mass is 9.89. The highest BCUT2D eigenvalue weighted by atomic mass is 16.4. The predicted molar refractivity (Wildman–Crippen MR) is 107 cm³/mol. The highest BCUT2D eigenvalue weighted by Gasteiger charge is 2.28. The summed E-state index contributed by atoms with van der Waals surface area (Å²) in [5.41, 5.74) is -3.51. The van der Waals surface area contributed by atoms with Crippen molar-refractivity contribution in [1.82, 2.24) is 0 Å². The SMILES string of the molecule is O=C(O)c1cc(C(=O)c2ccc(O)cc2O)c(C(=O)O)cc1C(=O)c1ccc(O)cc1O. The van der Waals surface area contributed by atoms with Gasteiger partial charge in [0, 0.05) is 23.3 Å². The monoisotopic (exact) mass is 438 g/mol. The van der Waals surface area contributed by atoms with E-state index in [2.05, 4.69) is 0 Å². The fraction of sp³-hybridized carbons (Fsp3) is 0. The standard InChI is InChI=1S/C22H14O10/c23-9-1-3-11(17(25)5-9)19(27)13-7-16(22(31)32)14(8-15(13)21(29)30)20(28)12-4-2-10(24)6-18(12)26/h1-8,23-26H,(H,29,30)(H,31,32). The summed E-state index contributed by atoms with van der Waals surface area (Å²) < 4.78 is 0. The van der Waals surface area contributed by atoms with Gasteiger partial charge in [0.25, 0.3) is 0 Å². The molecule has 3 aromatic rings. The lowest BCUT2D eigenvalue weighted by Gasteiger charge is -2.13. The van der Waals surface area contributed by atoms with Gasteiger partial charge in [0.05, 0.1) is 22.3 Å². The quantitative estimate of drug-likeness (QED) is 0.312. The number of ketones is 2. The number of aromatic carboxylic acids is 2. The van der Waals surface area contributed by atoms with Crippen LogP contribution in [0.15, 0.2) is 48.5 Å². The van der Waals surface area contributed by atoms with Crippen LogP contribution in [0.4, 0.5) is 0 Å². The zero-order chi connectivity index (χ0) is 23.7. The summed E-state index contributed by atoms with van der Waals surface area (Å²) in [6.07, 6.45) is 0. The first kappa shape index (κ1) is 21.8. The van der Waals surface area contributed by atoms with Crippen LogP contribution < -0.4 is 0 Å². The van der Waals surface area contributed by atoms with Gasteiger partial charge in [-0.05, 0) is 36.4 Å². The van der Waals surface area contributed by atoms with Gasteiger partial charge in [0.15, 0.2) is 11.6 Å². The number of carbonyl (C=O) groups excluding carboxylic acids is 2. The predicted octanol–water partition coefficient (Wildman–Crippen LogP) is 2.37. The topological polar surface area (TPSA) is 190 Å². The maximum Gasteiger partial charge on any atom is 0.336 e. The first-order chi connectivity index (χ1) is 15.0. The van der Waals surface area contributed by atoms with Crippen LogP contribution in [0.2, 0.25) is 0 Å². The smallest absolute Gasteiger partial charge is 0.336 e. The van der Waals surface area contributed by atoms with Gasteiger partial charge in [-0.3, -0.25) is 9.59 Å². The molecule has 162 valence electrons. The van der Waals surface area contributed by atoms with E-state index in [-0.39, 0.29) is 11.5 Å². The Hall–Kier alpha value is -4.86. The zero-order valence-corrected chi connectivity index (χ0v) is 15.9. The van der Waals surface area contributed by atoms with Crippen LogP contribution in [0.5, 0.6) is 23.0 Å². The second-order valence-electron chi connectivity index (χ2n) is 6.61. The molecule has 0 aliphatic carbocycles. The van der Waals surface area contributed by atoms with E-state index < -0.39 is 68.4 Å². The molecule has 32 heavy (non-hydrogen) atoms. The summed E-state index contributed by atoms with van der Waals surface area (Å²) in [5.74, 6) is -7.51.